The molecule has 7 heteroatoms. The van der Waals surface area contributed by atoms with Gasteiger partial charge < -0.3 is 20.1 Å². The van der Waals surface area contributed by atoms with Gasteiger partial charge in [-0.1, -0.05) is 18.2 Å². The Labute approximate surface area is 174 Å². The van der Waals surface area contributed by atoms with E-state index >= 15 is 0 Å². The number of carbonyl (C=O) groups is 1. The Morgan fingerprint density at radius 1 is 1.03 bits per heavy atom. The van der Waals surface area contributed by atoms with Gasteiger partial charge in [0, 0.05) is 17.3 Å². The highest BCUT2D eigenvalue weighted by molar-refractivity contribution is 6.11. The van der Waals surface area contributed by atoms with Gasteiger partial charge in [0.1, 0.15) is 11.3 Å². The quantitative estimate of drug-likeness (QED) is 0.379. The average molecular weight is 404 g/mol. The normalized spacial score (nSPS) is 12.6. The van der Waals surface area contributed by atoms with Crippen LogP contribution in [0.15, 0.2) is 48.5 Å². The fourth-order valence-electron chi connectivity index (χ4n) is 3.70. The molecule has 3 aromatic carbocycles. The minimum absolute atomic E-state index is 0.145. The molecule has 0 fully saturated rings. The Balaban J connectivity index is 1.86. The molecule has 0 saturated heterocycles. The molecule has 1 atom stereocenters. The molecule has 7 nitrogen and oxygen atoms in total. The number of rotatable bonds is 6. The van der Waals surface area contributed by atoms with Gasteiger partial charge in [0.2, 0.25) is 0 Å². The molecule has 0 aliphatic rings. The van der Waals surface area contributed by atoms with Crippen LogP contribution in [-0.2, 0) is 0 Å². The summed E-state index contributed by atoms with van der Waals surface area (Å²) < 4.78 is 5.47. The summed E-state index contributed by atoms with van der Waals surface area (Å²) in [4.78, 5) is 24.5. The lowest BCUT2D eigenvalue weighted by Crippen LogP contribution is -2.44. The van der Waals surface area contributed by atoms with Gasteiger partial charge in [-0.3, -0.25) is 4.79 Å². The molecule has 0 saturated carbocycles. The summed E-state index contributed by atoms with van der Waals surface area (Å²) in [6.45, 7) is 0.389. The second-order valence-electron chi connectivity index (χ2n) is 7.50. The Bertz CT molecular complexity index is 1240. The number of hydrogen-bond donors (Lipinski definition) is 2. The molecule has 0 bridgehead atoms. The number of methoxy groups -OCH3 is 1. The van der Waals surface area contributed by atoms with Crippen LogP contribution in [0, 0.1) is 0 Å². The third-order valence-electron chi connectivity index (χ3n) is 5.06. The Morgan fingerprint density at radius 2 is 1.80 bits per heavy atom. The summed E-state index contributed by atoms with van der Waals surface area (Å²) in [5.41, 5.74) is 3.07. The first-order chi connectivity index (χ1) is 14.5. The van der Waals surface area contributed by atoms with Gasteiger partial charge in [0.05, 0.1) is 41.9 Å². The number of carbonyl (C=O) groups excluding carboxylic acids is 1. The van der Waals surface area contributed by atoms with E-state index in [-0.39, 0.29) is 18.6 Å². The van der Waals surface area contributed by atoms with Crippen molar-refractivity contribution in [1.82, 2.24) is 20.2 Å². The number of amides is 1. The summed E-state index contributed by atoms with van der Waals surface area (Å²) in [5.74, 6) is 0.477. The van der Waals surface area contributed by atoms with Crippen molar-refractivity contribution in [2.75, 3.05) is 34.4 Å². The Morgan fingerprint density at radius 3 is 2.53 bits per heavy atom. The Kier molecular flexibility index (Phi) is 5.48. The van der Waals surface area contributed by atoms with Crippen molar-refractivity contribution in [2.24, 2.45) is 0 Å². The van der Waals surface area contributed by atoms with Gasteiger partial charge in [-0.2, -0.15) is 0 Å². The van der Waals surface area contributed by atoms with E-state index in [4.69, 9.17) is 14.7 Å². The van der Waals surface area contributed by atoms with Crippen molar-refractivity contribution in [3.8, 4) is 5.75 Å². The van der Waals surface area contributed by atoms with E-state index in [0.29, 0.717) is 28.7 Å². The molecule has 2 N–H and O–H groups in total. The maximum atomic E-state index is 13.0. The van der Waals surface area contributed by atoms with E-state index in [0.717, 1.165) is 22.0 Å². The fraction of sp³-hybridized carbons (Fsp3) is 0.261. The molecule has 4 aromatic rings. The van der Waals surface area contributed by atoms with Crippen LogP contribution >= 0.6 is 0 Å². The molecule has 30 heavy (non-hydrogen) atoms. The molecule has 0 aliphatic carbocycles. The molecule has 154 valence electrons. The van der Waals surface area contributed by atoms with Gasteiger partial charge in [0.15, 0.2) is 0 Å². The summed E-state index contributed by atoms with van der Waals surface area (Å²) >= 11 is 0. The summed E-state index contributed by atoms with van der Waals surface area (Å²) in [6, 6.07) is 14.7. The molecular formula is C23H24N4O3. The molecule has 0 aliphatic heterocycles. The van der Waals surface area contributed by atoms with Crippen molar-refractivity contribution in [1.29, 1.82) is 0 Å². The molecular weight excluding hydrogens is 380 g/mol. The number of ether oxygens (including phenoxy) is 1. The van der Waals surface area contributed by atoms with E-state index in [9.17, 15) is 9.90 Å². The lowest BCUT2D eigenvalue weighted by molar-refractivity contribution is 0.0906. The summed E-state index contributed by atoms with van der Waals surface area (Å²) in [7, 11) is 5.42. The maximum absolute atomic E-state index is 13.0. The number of nitrogens with one attached hydrogen (secondary N) is 1. The van der Waals surface area contributed by atoms with Crippen molar-refractivity contribution in [3.63, 3.8) is 0 Å². The number of benzene rings is 3. The minimum atomic E-state index is -0.374. The third-order valence-corrected chi connectivity index (χ3v) is 5.06. The van der Waals surface area contributed by atoms with Gasteiger partial charge >= 0.3 is 0 Å². The number of aromatic nitrogens is 2. The van der Waals surface area contributed by atoms with Crippen LogP contribution in [0.2, 0.25) is 0 Å². The molecule has 1 amide bonds. The second-order valence-corrected chi connectivity index (χ2v) is 7.50. The fourth-order valence-corrected chi connectivity index (χ4v) is 3.70. The van der Waals surface area contributed by atoms with Crippen LogP contribution in [0.25, 0.3) is 32.8 Å². The highest BCUT2D eigenvalue weighted by atomic mass is 16.5. The number of aliphatic hydroxyl groups excluding tert-OH is 1. The predicted molar refractivity (Wildman–Crippen MR) is 118 cm³/mol. The zero-order valence-electron chi connectivity index (χ0n) is 17.2. The molecule has 1 unspecified atom stereocenters. The minimum Gasteiger partial charge on any atom is -0.496 e. The summed E-state index contributed by atoms with van der Waals surface area (Å²) in [6.07, 6.45) is 0. The van der Waals surface area contributed by atoms with E-state index in [1.54, 1.807) is 19.2 Å². The molecule has 1 heterocycles. The van der Waals surface area contributed by atoms with Crippen molar-refractivity contribution < 1.29 is 14.6 Å². The maximum Gasteiger partial charge on any atom is 0.253 e. The standard InChI is InChI=1S/C23H24N4O3/c1-27(2)12-14(13-28)24-23(29)17-7-4-8-18-22(17)26-21-16-6-5-9-20(30-3)15(16)10-11-19(21)25-18/h4-11,14,28H,12-13H2,1-3H3,(H,24,29). The number of fused-ring (bicyclic) bond motifs is 4. The van der Waals surface area contributed by atoms with Gasteiger partial charge in [-0.05, 0) is 44.4 Å². The van der Waals surface area contributed by atoms with Gasteiger partial charge in [-0.15, -0.1) is 0 Å². The van der Waals surface area contributed by atoms with Crippen LogP contribution in [0.4, 0.5) is 0 Å². The van der Waals surface area contributed by atoms with Crippen LogP contribution < -0.4 is 10.1 Å². The highest BCUT2D eigenvalue weighted by Crippen LogP contribution is 2.31. The van der Waals surface area contributed by atoms with Crippen LogP contribution in [0.5, 0.6) is 5.75 Å². The second kappa shape index (κ2) is 8.22. The molecule has 1 aromatic heterocycles. The zero-order valence-corrected chi connectivity index (χ0v) is 17.2. The Hall–Kier alpha value is -3.29. The number of likely N-dealkylation sites (N-methyl/N-ethyl adjacent to an activating group) is 1. The lowest BCUT2D eigenvalue weighted by atomic mass is 10.1. The first kappa shape index (κ1) is 20.0. The zero-order chi connectivity index (χ0) is 21.3. The molecule has 0 spiro atoms. The summed E-state index contributed by atoms with van der Waals surface area (Å²) in [5, 5.41) is 14.4. The number of nitrogens with zero attached hydrogens (tertiary/aromatic N) is 3. The monoisotopic (exact) mass is 404 g/mol. The lowest BCUT2D eigenvalue weighted by Gasteiger charge is -2.20. The van der Waals surface area contributed by atoms with Crippen LogP contribution in [0.1, 0.15) is 10.4 Å². The highest BCUT2D eigenvalue weighted by Gasteiger charge is 2.18. The van der Waals surface area contributed by atoms with E-state index < -0.39 is 0 Å². The molecule has 4 rings (SSSR count). The largest absolute Gasteiger partial charge is 0.496 e. The van der Waals surface area contributed by atoms with Crippen LogP contribution in [-0.4, -0.2) is 66.3 Å². The predicted octanol–water partition coefficient (Wildman–Crippen LogP) is 2.60. The number of aliphatic hydroxyl groups is 1. The van der Waals surface area contributed by atoms with Crippen LogP contribution in [0.3, 0.4) is 0 Å². The topological polar surface area (TPSA) is 87.6 Å². The van der Waals surface area contributed by atoms with Crippen molar-refractivity contribution in [3.05, 3.63) is 54.1 Å². The third kappa shape index (κ3) is 3.65. The van der Waals surface area contributed by atoms with E-state index in [1.165, 1.54) is 0 Å². The van der Waals surface area contributed by atoms with Crippen molar-refractivity contribution in [2.45, 2.75) is 6.04 Å². The average Bonchev–Trinajstić information content (AvgIpc) is 2.75. The van der Waals surface area contributed by atoms with Crippen molar-refractivity contribution >= 4 is 38.7 Å². The van der Waals surface area contributed by atoms with Gasteiger partial charge in [-0.25, -0.2) is 9.97 Å². The van der Waals surface area contributed by atoms with E-state index in [2.05, 4.69) is 5.32 Å². The first-order valence-electron chi connectivity index (χ1n) is 9.74. The number of hydrogen-bond acceptors (Lipinski definition) is 6. The number of para-hydroxylation sites is 1. The van der Waals surface area contributed by atoms with E-state index in [1.807, 2.05) is 55.4 Å². The smallest absolute Gasteiger partial charge is 0.253 e. The molecule has 0 radical (unpaired) electrons. The first-order valence-corrected chi connectivity index (χ1v) is 9.74. The SMILES string of the molecule is COc1cccc2c1ccc1nc3cccc(C(=O)NC(CO)CN(C)C)c3nc12. The van der Waals surface area contributed by atoms with Gasteiger partial charge in [0.25, 0.3) is 5.91 Å².